The van der Waals surface area contributed by atoms with E-state index >= 15 is 0 Å². The molecule has 2 aromatic heterocycles. The number of nitrogens with zero attached hydrogens (tertiary/aromatic N) is 3. The maximum atomic E-state index is 12.0. The van der Waals surface area contributed by atoms with E-state index in [-0.39, 0.29) is 18.1 Å². The number of aromatic nitrogens is 4. The van der Waals surface area contributed by atoms with Gasteiger partial charge in [-0.15, -0.1) is 0 Å². The lowest BCUT2D eigenvalue weighted by Gasteiger charge is -2.02. The number of benzene rings is 1. The number of hydrogen-bond acceptors (Lipinski definition) is 6. The van der Waals surface area contributed by atoms with E-state index in [0.717, 1.165) is 6.54 Å². The average Bonchev–Trinajstić information content (AvgIpc) is 3.27. The molecule has 0 aliphatic heterocycles. The topological polar surface area (TPSA) is 102 Å². The molecule has 0 aliphatic carbocycles. The van der Waals surface area contributed by atoms with Gasteiger partial charge in [0.2, 0.25) is 5.95 Å². The summed E-state index contributed by atoms with van der Waals surface area (Å²) in [6, 6.07) is 7.00. The molecule has 0 bridgehead atoms. The largest absolute Gasteiger partial charge is 0.462 e. The number of carbonyl (C=O) groups excluding carboxylic acids is 1. The van der Waals surface area contributed by atoms with Crippen LogP contribution in [0.2, 0.25) is 0 Å². The van der Waals surface area contributed by atoms with Crippen molar-refractivity contribution in [3.05, 3.63) is 52.6 Å². The fourth-order valence-electron chi connectivity index (χ4n) is 1.94. The minimum atomic E-state index is -0.466. The summed E-state index contributed by atoms with van der Waals surface area (Å²) < 4.78 is 6.22. The zero-order valence-electron chi connectivity index (χ0n) is 18.4. The Morgan fingerprint density at radius 3 is 2.38 bits per heavy atom. The molecule has 0 saturated carbocycles. The van der Waals surface area contributed by atoms with Gasteiger partial charge in [0, 0.05) is 6.20 Å². The summed E-state index contributed by atoms with van der Waals surface area (Å²) in [5.41, 5.74) is 0.598. The number of H-pyrrole nitrogens is 1. The molecule has 3 rings (SSSR count). The summed E-state index contributed by atoms with van der Waals surface area (Å²) in [6.45, 7) is 13.2. The van der Waals surface area contributed by atoms with E-state index in [1.165, 1.54) is 17.1 Å². The number of esters is 1. The molecule has 160 valence electrons. The van der Waals surface area contributed by atoms with Crippen molar-refractivity contribution in [1.82, 2.24) is 25.1 Å². The summed E-state index contributed by atoms with van der Waals surface area (Å²) in [6.07, 6.45) is 2.83. The van der Waals surface area contributed by atoms with Gasteiger partial charge in [0.1, 0.15) is 0 Å². The van der Waals surface area contributed by atoms with E-state index in [4.69, 9.17) is 4.74 Å². The van der Waals surface area contributed by atoms with Crippen LogP contribution in [0.4, 0.5) is 0 Å². The molecule has 8 nitrogen and oxygen atoms in total. The van der Waals surface area contributed by atoms with Gasteiger partial charge >= 0.3 is 5.97 Å². The van der Waals surface area contributed by atoms with Crippen LogP contribution in [0.15, 0.2) is 41.5 Å². The molecule has 29 heavy (non-hydrogen) atoms. The molecule has 0 atom stereocenters. The van der Waals surface area contributed by atoms with Crippen molar-refractivity contribution in [2.75, 3.05) is 20.2 Å². The molecule has 0 fully saturated rings. The second-order valence-electron chi connectivity index (χ2n) is 5.01. The van der Waals surface area contributed by atoms with E-state index in [2.05, 4.69) is 27.3 Å². The summed E-state index contributed by atoms with van der Waals surface area (Å²) in [5, 5.41) is 7.45. The predicted octanol–water partition coefficient (Wildman–Crippen LogP) is 3.56. The van der Waals surface area contributed by atoms with Gasteiger partial charge in [0.15, 0.2) is 0 Å². The van der Waals surface area contributed by atoms with Gasteiger partial charge < -0.3 is 10.1 Å². The fraction of sp³-hybridized carbons (Fsp3) is 0.429. The highest BCUT2D eigenvalue weighted by atomic mass is 16.5. The maximum Gasteiger partial charge on any atom is 0.341 e. The van der Waals surface area contributed by atoms with Crippen LogP contribution in [-0.4, -0.2) is 45.9 Å². The Labute approximate surface area is 172 Å². The Kier molecular flexibility index (Phi) is 13.4. The monoisotopic (exact) mass is 403 g/mol. The molecule has 0 radical (unpaired) electrons. The third-order valence-electron chi connectivity index (χ3n) is 3.26. The Hall–Kier alpha value is -3.00. The first-order valence-electron chi connectivity index (χ1n) is 9.96. The summed E-state index contributed by atoms with van der Waals surface area (Å²) in [5.74, 6) is -0.221. The summed E-state index contributed by atoms with van der Waals surface area (Å²) in [4.78, 5) is 30.5. The van der Waals surface area contributed by atoms with Crippen molar-refractivity contribution in [2.24, 2.45) is 0 Å². The highest BCUT2D eigenvalue weighted by Crippen LogP contribution is 2.09. The quantitative estimate of drug-likeness (QED) is 0.646. The Morgan fingerprint density at radius 1 is 1.17 bits per heavy atom. The second-order valence-corrected chi connectivity index (χ2v) is 5.01. The average molecular weight is 404 g/mol. The lowest BCUT2D eigenvalue weighted by Crippen LogP contribution is -2.13. The number of aromatic amines is 1. The molecule has 8 heteroatoms. The molecule has 0 aliphatic rings. The minimum absolute atomic E-state index is 0.245. The van der Waals surface area contributed by atoms with Crippen molar-refractivity contribution in [3.8, 4) is 5.95 Å². The molecule has 0 spiro atoms. The van der Waals surface area contributed by atoms with Crippen LogP contribution in [-0.2, 0) is 4.74 Å². The van der Waals surface area contributed by atoms with E-state index < -0.39 is 5.97 Å². The van der Waals surface area contributed by atoms with Crippen LogP contribution in [0, 0.1) is 0 Å². The van der Waals surface area contributed by atoms with Crippen molar-refractivity contribution in [3.63, 3.8) is 0 Å². The highest BCUT2D eigenvalue weighted by Gasteiger charge is 2.12. The highest BCUT2D eigenvalue weighted by molar-refractivity contribution is 5.88. The van der Waals surface area contributed by atoms with Crippen LogP contribution in [0.25, 0.3) is 16.9 Å². The third-order valence-corrected chi connectivity index (χ3v) is 3.26. The molecule has 3 aromatic rings. The molecule has 2 heterocycles. The van der Waals surface area contributed by atoms with Crippen LogP contribution in [0.3, 0.4) is 0 Å². The number of carbonyl (C=O) groups is 1. The zero-order valence-corrected chi connectivity index (χ0v) is 18.4. The van der Waals surface area contributed by atoms with Gasteiger partial charge in [-0.25, -0.2) is 14.5 Å². The van der Waals surface area contributed by atoms with Crippen LogP contribution >= 0.6 is 0 Å². The Morgan fingerprint density at radius 2 is 1.79 bits per heavy atom. The number of nitrogens with one attached hydrogen (secondary N) is 2. The second kappa shape index (κ2) is 15.0. The van der Waals surface area contributed by atoms with Crippen molar-refractivity contribution < 1.29 is 9.53 Å². The van der Waals surface area contributed by atoms with Crippen LogP contribution in [0.5, 0.6) is 0 Å². The molecular formula is C21H33N5O3. The van der Waals surface area contributed by atoms with Crippen molar-refractivity contribution in [1.29, 1.82) is 0 Å². The predicted molar refractivity (Wildman–Crippen MR) is 118 cm³/mol. The van der Waals surface area contributed by atoms with E-state index in [1.807, 2.05) is 34.7 Å². The molecule has 0 unspecified atom stereocenters. The lowest BCUT2D eigenvalue weighted by atomic mass is 10.2. The lowest BCUT2D eigenvalue weighted by molar-refractivity contribution is 0.0526. The zero-order chi connectivity index (χ0) is 22.2. The number of hydrogen-bond donors (Lipinski definition) is 2. The van der Waals surface area contributed by atoms with Crippen LogP contribution < -0.4 is 10.9 Å². The van der Waals surface area contributed by atoms with Gasteiger partial charge in [0.05, 0.1) is 29.3 Å². The SMILES string of the molecule is CC.CC.CCNC.CCOC(=O)c1cnn(-c2nc3ccccc3c(=O)[nH]2)c1. The minimum Gasteiger partial charge on any atom is -0.462 e. The first-order chi connectivity index (χ1) is 14.1. The fourth-order valence-corrected chi connectivity index (χ4v) is 1.94. The Bertz CT molecular complexity index is 900. The number of rotatable bonds is 4. The summed E-state index contributed by atoms with van der Waals surface area (Å²) in [7, 11) is 1.93. The van der Waals surface area contributed by atoms with Gasteiger partial charge in [-0.05, 0) is 32.6 Å². The standard InChI is InChI=1S/C14H12N4O3.C3H9N.2C2H6/c1-2-21-13(20)9-7-15-18(8-9)14-16-11-6-4-3-5-10(11)12(19)17-14;1-3-4-2;2*1-2/h3-8H,2H2,1H3,(H,16,17,19);4H,3H2,1-2H3;2*1-2H3. The normalized spacial score (nSPS) is 9.21. The molecular weight excluding hydrogens is 370 g/mol. The number of ether oxygens (including phenoxy) is 1. The number of fused-ring (bicyclic) bond motifs is 1. The third kappa shape index (κ3) is 7.87. The molecule has 0 saturated heterocycles. The number of para-hydroxylation sites is 1. The first-order valence-corrected chi connectivity index (χ1v) is 9.96. The molecule has 1 aromatic carbocycles. The smallest absolute Gasteiger partial charge is 0.341 e. The molecule has 2 N–H and O–H groups in total. The van der Waals surface area contributed by atoms with Crippen LogP contribution in [0.1, 0.15) is 51.9 Å². The van der Waals surface area contributed by atoms with Gasteiger partial charge in [0.25, 0.3) is 5.56 Å². The summed E-state index contributed by atoms with van der Waals surface area (Å²) >= 11 is 0. The van der Waals surface area contributed by atoms with Crippen molar-refractivity contribution >= 4 is 16.9 Å². The van der Waals surface area contributed by atoms with Gasteiger partial charge in [-0.3, -0.25) is 9.78 Å². The maximum absolute atomic E-state index is 12.0. The van der Waals surface area contributed by atoms with Crippen molar-refractivity contribution in [2.45, 2.75) is 41.5 Å². The Balaban J connectivity index is 0.000000859. The van der Waals surface area contributed by atoms with E-state index in [9.17, 15) is 9.59 Å². The molecule has 0 amide bonds. The van der Waals surface area contributed by atoms with E-state index in [1.54, 1.807) is 31.2 Å². The van der Waals surface area contributed by atoms with E-state index in [0.29, 0.717) is 16.5 Å². The first kappa shape index (κ1) is 26.0. The van der Waals surface area contributed by atoms with Gasteiger partial charge in [-0.1, -0.05) is 46.8 Å². The van der Waals surface area contributed by atoms with Gasteiger partial charge in [-0.2, -0.15) is 5.10 Å².